The van der Waals surface area contributed by atoms with E-state index in [4.69, 9.17) is 4.74 Å². The van der Waals surface area contributed by atoms with Crippen LogP contribution in [0.5, 0.6) is 0 Å². The van der Waals surface area contributed by atoms with Crippen LogP contribution in [-0.2, 0) is 4.74 Å². The molecule has 4 heterocycles. The lowest BCUT2D eigenvalue weighted by Crippen LogP contribution is -2.36. The molecule has 0 amide bonds. The Hall–Kier alpha value is -2.92. The average molecular weight is 491 g/mol. The molecule has 0 spiro atoms. The van der Waals surface area contributed by atoms with E-state index in [1.807, 2.05) is 12.1 Å². The van der Waals surface area contributed by atoms with Gasteiger partial charge in [-0.25, -0.2) is 14.5 Å². The van der Waals surface area contributed by atoms with E-state index in [0.717, 1.165) is 54.1 Å². The topological polar surface area (TPSA) is 87.8 Å². The highest BCUT2D eigenvalue weighted by Gasteiger charge is 2.27. The summed E-state index contributed by atoms with van der Waals surface area (Å²) in [5, 5.41) is 17.2. The van der Waals surface area contributed by atoms with Gasteiger partial charge in [-0.1, -0.05) is 0 Å². The molecule has 1 aliphatic heterocycles. The normalized spacial score (nSPS) is 21.4. The molecule has 11 heteroatoms. The van der Waals surface area contributed by atoms with E-state index in [0.29, 0.717) is 26.1 Å². The molecule has 0 bridgehead atoms. The Morgan fingerprint density at radius 3 is 2.60 bits per heavy atom. The Bertz CT molecular complexity index is 1150. The van der Waals surface area contributed by atoms with E-state index in [2.05, 4.69) is 31.3 Å². The van der Waals surface area contributed by atoms with Gasteiger partial charge >= 0.3 is 6.18 Å². The van der Waals surface area contributed by atoms with Gasteiger partial charge in [-0.2, -0.15) is 13.2 Å². The summed E-state index contributed by atoms with van der Waals surface area (Å²) in [6.07, 6.45) is 1.03. The zero-order valence-electron chi connectivity index (χ0n) is 19.3. The molecule has 0 aromatic carbocycles. The van der Waals surface area contributed by atoms with Crippen molar-refractivity contribution in [1.29, 1.82) is 0 Å². The van der Waals surface area contributed by atoms with Gasteiger partial charge in [0, 0.05) is 43.0 Å². The van der Waals surface area contributed by atoms with Crippen molar-refractivity contribution in [2.75, 3.05) is 43.1 Å². The molecule has 0 atom stereocenters. The Morgan fingerprint density at radius 1 is 1.09 bits per heavy atom. The van der Waals surface area contributed by atoms with Gasteiger partial charge in [0.25, 0.3) is 0 Å². The van der Waals surface area contributed by atoms with Gasteiger partial charge in [-0.05, 0) is 49.4 Å². The fourth-order valence-corrected chi connectivity index (χ4v) is 4.86. The van der Waals surface area contributed by atoms with Gasteiger partial charge in [-0.3, -0.25) is 0 Å². The molecule has 0 unspecified atom stereocenters. The lowest BCUT2D eigenvalue weighted by Gasteiger charge is -2.28. The number of nitrogens with zero attached hydrogens (tertiary/aromatic N) is 5. The number of hydrogen-bond acceptors (Lipinski definition) is 7. The van der Waals surface area contributed by atoms with Crippen LogP contribution < -0.4 is 10.2 Å². The summed E-state index contributed by atoms with van der Waals surface area (Å²) in [6.45, 7) is 2.59. The average Bonchev–Trinajstić information content (AvgIpc) is 3.23. The number of fused-ring (bicyclic) bond motifs is 1. The molecule has 8 nitrogen and oxygen atoms in total. The van der Waals surface area contributed by atoms with Gasteiger partial charge in [0.05, 0.1) is 37.5 Å². The molecule has 3 aromatic rings. The lowest BCUT2D eigenvalue weighted by atomic mass is 9.85. The van der Waals surface area contributed by atoms with Crippen LogP contribution in [0.4, 0.5) is 24.9 Å². The quantitative estimate of drug-likeness (QED) is 0.540. The van der Waals surface area contributed by atoms with Crippen molar-refractivity contribution in [3.8, 4) is 11.1 Å². The van der Waals surface area contributed by atoms with E-state index in [1.165, 1.54) is 0 Å². The zero-order chi connectivity index (χ0) is 24.4. The Balaban J connectivity index is 1.50. The number of aromatic nitrogens is 4. The van der Waals surface area contributed by atoms with Crippen molar-refractivity contribution < 1.29 is 23.0 Å². The maximum absolute atomic E-state index is 12.6. The fraction of sp³-hybridized carbons (Fsp3) is 0.542. The van der Waals surface area contributed by atoms with Crippen molar-refractivity contribution in [2.45, 2.75) is 50.3 Å². The van der Waals surface area contributed by atoms with Gasteiger partial charge in [0.15, 0.2) is 0 Å². The smallest absolute Gasteiger partial charge is 0.390 e. The number of pyridine rings is 1. The number of aliphatic hydroxyl groups excluding tert-OH is 1. The van der Waals surface area contributed by atoms with Crippen molar-refractivity contribution in [1.82, 2.24) is 19.6 Å². The summed E-state index contributed by atoms with van der Waals surface area (Å²) in [7, 11) is 0. The molecule has 2 aliphatic rings. The number of morpholine rings is 1. The predicted molar refractivity (Wildman–Crippen MR) is 126 cm³/mol. The molecule has 1 saturated carbocycles. The van der Waals surface area contributed by atoms with E-state index in [-0.39, 0.29) is 24.5 Å². The van der Waals surface area contributed by atoms with Crippen LogP contribution in [0.25, 0.3) is 16.6 Å². The number of nitrogens with one attached hydrogen (secondary N) is 1. The summed E-state index contributed by atoms with van der Waals surface area (Å²) in [4.78, 5) is 11.0. The minimum absolute atomic E-state index is 0.157. The molecule has 35 heavy (non-hydrogen) atoms. The number of aliphatic hydroxyl groups is 1. The summed E-state index contributed by atoms with van der Waals surface area (Å²) in [6, 6.07) is 6.10. The maximum atomic E-state index is 12.6. The fourth-order valence-electron chi connectivity index (χ4n) is 4.86. The van der Waals surface area contributed by atoms with E-state index in [1.54, 1.807) is 16.9 Å². The van der Waals surface area contributed by atoms with Gasteiger partial charge < -0.3 is 20.1 Å². The van der Waals surface area contributed by atoms with Crippen molar-refractivity contribution in [3.63, 3.8) is 0 Å². The SMILES string of the molecule is O[C@H]1CC[C@H](c2cc(-c3ccnc(N4CCOCC4)c3)c3cnc(NCCC(F)(F)F)nn32)CC1. The second-order valence-electron chi connectivity index (χ2n) is 9.16. The Labute approximate surface area is 201 Å². The summed E-state index contributed by atoms with van der Waals surface area (Å²) < 4.78 is 45.0. The number of anilines is 2. The van der Waals surface area contributed by atoms with Crippen LogP contribution in [-0.4, -0.2) is 69.8 Å². The highest BCUT2D eigenvalue weighted by Crippen LogP contribution is 2.38. The number of alkyl halides is 3. The molecule has 5 rings (SSSR count). The van der Waals surface area contributed by atoms with Gasteiger partial charge in [-0.15, -0.1) is 5.10 Å². The number of rotatable bonds is 6. The highest BCUT2D eigenvalue weighted by molar-refractivity contribution is 5.82. The molecule has 188 valence electrons. The first kappa shape index (κ1) is 23.8. The molecular formula is C24H29F3N6O2. The van der Waals surface area contributed by atoms with E-state index < -0.39 is 12.6 Å². The monoisotopic (exact) mass is 490 g/mol. The molecule has 1 aliphatic carbocycles. The number of hydrogen-bond donors (Lipinski definition) is 2. The summed E-state index contributed by atoms with van der Waals surface area (Å²) in [5.41, 5.74) is 3.69. The minimum Gasteiger partial charge on any atom is -0.393 e. The number of halogens is 3. The Morgan fingerprint density at radius 2 is 1.86 bits per heavy atom. The summed E-state index contributed by atoms with van der Waals surface area (Å²) in [5.74, 6) is 1.22. The van der Waals surface area contributed by atoms with Crippen LogP contribution in [0.2, 0.25) is 0 Å². The van der Waals surface area contributed by atoms with E-state index >= 15 is 0 Å². The van der Waals surface area contributed by atoms with Crippen LogP contribution in [0.1, 0.15) is 43.7 Å². The molecule has 1 saturated heterocycles. The standard InChI is InChI=1S/C24H29F3N6O2/c25-24(26,27)6-8-29-23-30-15-21-19(14-20(33(21)31-23)16-1-3-18(34)4-2-16)17-5-7-28-22(13-17)32-9-11-35-12-10-32/h5,7,13-16,18,34H,1-4,6,8-12H2,(H,29,31)/t16-,18-. The van der Waals surface area contributed by atoms with Crippen LogP contribution in [0.15, 0.2) is 30.6 Å². The van der Waals surface area contributed by atoms with Crippen LogP contribution in [0.3, 0.4) is 0 Å². The largest absolute Gasteiger partial charge is 0.393 e. The van der Waals surface area contributed by atoms with Gasteiger partial charge in [0.2, 0.25) is 5.95 Å². The first-order valence-electron chi connectivity index (χ1n) is 12.0. The zero-order valence-corrected chi connectivity index (χ0v) is 19.3. The lowest BCUT2D eigenvalue weighted by molar-refractivity contribution is -0.131. The van der Waals surface area contributed by atoms with Gasteiger partial charge in [0.1, 0.15) is 5.82 Å². The van der Waals surface area contributed by atoms with Crippen LogP contribution in [0, 0.1) is 0 Å². The second-order valence-corrected chi connectivity index (χ2v) is 9.16. The molecule has 2 N–H and O–H groups in total. The summed E-state index contributed by atoms with van der Waals surface area (Å²) >= 11 is 0. The predicted octanol–water partition coefficient (Wildman–Crippen LogP) is 4.01. The molecule has 2 fully saturated rings. The second kappa shape index (κ2) is 9.98. The van der Waals surface area contributed by atoms with Crippen molar-refractivity contribution >= 4 is 17.3 Å². The molecular weight excluding hydrogens is 461 g/mol. The first-order valence-corrected chi connectivity index (χ1v) is 12.0. The third-order valence-electron chi connectivity index (χ3n) is 6.74. The number of ether oxygens (including phenoxy) is 1. The third-order valence-corrected chi connectivity index (χ3v) is 6.74. The third kappa shape index (κ3) is 5.51. The maximum Gasteiger partial charge on any atom is 0.390 e. The van der Waals surface area contributed by atoms with E-state index in [9.17, 15) is 18.3 Å². The molecule has 0 radical (unpaired) electrons. The molecule has 3 aromatic heterocycles. The van der Waals surface area contributed by atoms with Crippen molar-refractivity contribution in [2.24, 2.45) is 0 Å². The highest BCUT2D eigenvalue weighted by atomic mass is 19.4. The first-order chi connectivity index (χ1) is 16.9. The Kier molecular flexibility index (Phi) is 6.79. The minimum atomic E-state index is -4.24. The van der Waals surface area contributed by atoms with Crippen molar-refractivity contribution in [3.05, 3.63) is 36.3 Å². The van der Waals surface area contributed by atoms with Crippen LogP contribution >= 0.6 is 0 Å².